The number of hydrogen-bond acceptors (Lipinski definition) is 3. The first-order valence-electron chi connectivity index (χ1n) is 6.30. The fourth-order valence-electron chi connectivity index (χ4n) is 2.58. The SMILES string of the molecule is CN1CCC(CN(C)c2ccc(C#N)c(Br)c2F)C1. The molecule has 1 aliphatic heterocycles. The molecule has 1 heterocycles. The third-order valence-electron chi connectivity index (χ3n) is 3.61. The van der Waals surface area contributed by atoms with Gasteiger partial charge in [-0.3, -0.25) is 0 Å². The van der Waals surface area contributed by atoms with Crippen molar-refractivity contribution >= 4 is 21.6 Å². The van der Waals surface area contributed by atoms with E-state index < -0.39 is 0 Å². The molecule has 0 aromatic heterocycles. The number of hydrogen-bond donors (Lipinski definition) is 0. The van der Waals surface area contributed by atoms with Crippen molar-refractivity contribution < 1.29 is 4.39 Å². The zero-order chi connectivity index (χ0) is 14.0. The summed E-state index contributed by atoms with van der Waals surface area (Å²) in [6.07, 6.45) is 1.15. The van der Waals surface area contributed by atoms with Gasteiger partial charge in [-0.25, -0.2) is 4.39 Å². The van der Waals surface area contributed by atoms with Gasteiger partial charge < -0.3 is 9.80 Å². The summed E-state index contributed by atoms with van der Waals surface area (Å²) in [7, 11) is 4.01. The second-order valence-electron chi connectivity index (χ2n) is 5.17. The van der Waals surface area contributed by atoms with E-state index in [0.717, 1.165) is 26.1 Å². The van der Waals surface area contributed by atoms with Crippen LogP contribution in [0.15, 0.2) is 16.6 Å². The summed E-state index contributed by atoms with van der Waals surface area (Å²) >= 11 is 3.15. The zero-order valence-corrected chi connectivity index (χ0v) is 12.7. The van der Waals surface area contributed by atoms with Crippen molar-refractivity contribution in [3.63, 3.8) is 0 Å². The van der Waals surface area contributed by atoms with Crippen molar-refractivity contribution in [3.05, 3.63) is 28.0 Å². The molecule has 1 atom stereocenters. The van der Waals surface area contributed by atoms with E-state index in [4.69, 9.17) is 5.26 Å². The molecule has 19 heavy (non-hydrogen) atoms. The molecular formula is C14H17BrFN3. The first-order chi connectivity index (χ1) is 9.02. The largest absolute Gasteiger partial charge is 0.372 e. The van der Waals surface area contributed by atoms with Crippen molar-refractivity contribution in [2.75, 3.05) is 38.6 Å². The molecule has 1 aromatic rings. The van der Waals surface area contributed by atoms with Gasteiger partial charge in [0, 0.05) is 20.1 Å². The van der Waals surface area contributed by atoms with Gasteiger partial charge in [-0.05, 0) is 54.0 Å². The minimum absolute atomic E-state index is 0.253. The van der Waals surface area contributed by atoms with E-state index in [1.165, 1.54) is 0 Å². The van der Waals surface area contributed by atoms with E-state index in [1.54, 1.807) is 12.1 Å². The molecule has 0 saturated carbocycles. The monoisotopic (exact) mass is 325 g/mol. The summed E-state index contributed by atoms with van der Waals surface area (Å²) in [6, 6.07) is 5.30. The van der Waals surface area contributed by atoms with Crippen LogP contribution in [0.3, 0.4) is 0 Å². The highest BCUT2D eigenvalue weighted by Crippen LogP contribution is 2.29. The van der Waals surface area contributed by atoms with E-state index in [0.29, 0.717) is 17.2 Å². The summed E-state index contributed by atoms with van der Waals surface area (Å²) in [5.74, 6) is 0.219. The fourth-order valence-corrected chi connectivity index (χ4v) is 3.01. The minimum Gasteiger partial charge on any atom is -0.372 e. The van der Waals surface area contributed by atoms with Crippen LogP contribution in [-0.4, -0.2) is 38.6 Å². The second kappa shape index (κ2) is 5.89. The van der Waals surface area contributed by atoms with Crippen LogP contribution >= 0.6 is 15.9 Å². The van der Waals surface area contributed by atoms with E-state index >= 15 is 0 Å². The molecule has 2 rings (SSSR count). The quantitative estimate of drug-likeness (QED) is 0.856. The van der Waals surface area contributed by atoms with Gasteiger partial charge in [0.15, 0.2) is 5.82 Å². The van der Waals surface area contributed by atoms with Gasteiger partial charge in [0.05, 0.1) is 15.7 Å². The van der Waals surface area contributed by atoms with E-state index in [9.17, 15) is 4.39 Å². The summed E-state index contributed by atoms with van der Waals surface area (Å²) in [5, 5.41) is 8.87. The van der Waals surface area contributed by atoms with Crippen molar-refractivity contribution in [3.8, 4) is 6.07 Å². The first kappa shape index (κ1) is 14.3. The van der Waals surface area contributed by atoms with Gasteiger partial charge >= 0.3 is 0 Å². The molecule has 0 spiro atoms. The van der Waals surface area contributed by atoms with Crippen LogP contribution < -0.4 is 4.90 Å². The lowest BCUT2D eigenvalue weighted by atomic mass is 10.1. The summed E-state index contributed by atoms with van der Waals surface area (Å²) < 4.78 is 14.5. The summed E-state index contributed by atoms with van der Waals surface area (Å²) in [4.78, 5) is 4.23. The predicted octanol–water partition coefficient (Wildman–Crippen LogP) is 2.85. The lowest BCUT2D eigenvalue weighted by Crippen LogP contribution is -2.28. The lowest BCUT2D eigenvalue weighted by molar-refractivity contribution is 0.395. The third kappa shape index (κ3) is 3.07. The van der Waals surface area contributed by atoms with Crippen LogP contribution in [-0.2, 0) is 0 Å². The van der Waals surface area contributed by atoms with E-state index in [2.05, 4.69) is 27.9 Å². The molecule has 0 bridgehead atoms. The lowest BCUT2D eigenvalue weighted by Gasteiger charge is -2.24. The number of nitriles is 1. The van der Waals surface area contributed by atoms with Crippen molar-refractivity contribution in [2.45, 2.75) is 6.42 Å². The van der Waals surface area contributed by atoms with Crippen LogP contribution in [0.5, 0.6) is 0 Å². The standard InChI is InChI=1S/C14H17BrFN3/c1-18-6-5-10(8-18)9-19(2)12-4-3-11(7-17)13(15)14(12)16/h3-4,10H,5-6,8-9H2,1-2H3. The Kier molecular flexibility index (Phi) is 4.43. The Morgan fingerprint density at radius 2 is 2.32 bits per heavy atom. The Balaban J connectivity index is 2.13. The molecule has 0 N–H and O–H groups in total. The molecular weight excluding hydrogens is 309 g/mol. The molecule has 0 amide bonds. The van der Waals surface area contributed by atoms with Crippen molar-refractivity contribution in [2.24, 2.45) is 5.92 Å². The third-order valence-corrected chi connectivity index (χ3v) is 4.39. The van der Waals surface area contributed by atoms with Gasteiger partial charge in [-0.2, -0.15) is 5.26 Å². The maximum atomic E-state index is 14.2. The Labute approximate surface area is 121 Å². The highest BCUT2D eigenvalue weighted by Gasteiger charge is 2.22. The maximum absolute atomic E-state index is 14.2. The van der Waals surface area contributed by atoms with Gasteiger partial charge in [-0.1, -0.05) is 0 Å². The van der Waals surface area contributed by atoms with Crippen LogP contribution in [0.1, 0.15) is 12.0 Å². The van der Waals surface area contributed by atoms with Gasteiger partial charge in [0.25, 0.3) is 0 Å². The molecule has 1 aromatic carbocycles. The van der Waals surface area contributed by atoms with Crippen LogP contribution in [0.25, 0.3) is 0 Å². The molecule has 5 heteroatoms. The molecule has 0 radical (unpaired) electrons. The molecule has 1 unspecified atom stereocenters. The zero-order valence-electron chi connectivity index (χ0n) is 11.2. The van der Waals surface area contributed by atoms with Crippen LogP contribution in [0.2, 0.25) is 0 Å². The average Bonchev–Trinajstić information content (AvgIpc) is 2.78. The van der Waals surface area contributed by atoms with Crippen molar-refractivity contribution in [1.82, 2.24) is 4.90 Å². The molecule has 3 nitrogen and oxygen atoms in total. The Morgan fingerprint density at radius 3 is 2.89 bits per heavy atom. The highest BCUT2D eigenvalue weighted by atomic mass is 79.9. The normalized spacial score (nSPS) is 19.4. The smallest absolute Gasteiger partial charge is 0.161 e. The minimum atomic E-state index is -0.354. The van der Waals surface area contributed by atoms with Gasteiger partial charge in [0.1, 0.15) is 6.07 Å². The highest BCUT2D eigenvalue weighted by molar-refractivity contribution is 9.10. The summed E-state index contributed by atoms with van der Waals surface area (Å²) in [6.45, 7) is 3.00. The Morgan fingerprint density at radius 1 is 1.58 bits per heavy atom. The van der Waals surface area contributed by atoms with Crippen LogP contribution in [0, 0.1) is 23.1 Å². The first-order valence-corrected chi connectivity index (χ1v) is 7.10. The summed E-state index contributed by atoms with van der Waals surface area (Å²) in [5.41, 5.74) is 0.871. The topological polar surface area (TPSA) is 30.3 Å². The number of nitrogens with zero attached hydrogens (tertiary/aromatic N) is 3. The Hall–Kier alpha value is -1.12. The number of halogens is 2. The predicted molar refractivity (Wildman–Crippen MR) is 77.7 cm³/mol. The molecule has 1 fully saturated rings. The number of anilines is 1. The second-order valence-corrected chi connectivity index (χ2v) is 5.96. The van der Waals surface area contributed by atoms with Crippen LogP contribution in [0.4, 0.5) is 10.1 Å². The maximum Gasteiger partial charge on any atom is 0.161 e. The number of rotatable bonds is 3. The average molecular weight is 326 g/mol. The van der Waals surface area contributed by atoms with Gasteiger partial charge in [0.2, 0.25) is 0 Å². The number of benzene rings is 1. The number of likely N-dealkylation sites (tertiary alicyclic amines) is 1. The van der Waals surface area contributed by atoms with E-state index in [1.807, 2.05) is 18.0 Å². The molecule has 0 aliphatic carbocycles. The molecule has 1 saturated heterocycles. The van der Waals surface area contributed by atoms with E-state index in [-0.39, 0.29) is 10.3 Å². The van der Waals surface area contributed by atoms with Crippen molar-refractivity contribution in [1.29, 1.82) is 5.26 Å². The molecule has 102 valence electrons. The molecule has 1 aliphatic rings. The fraction of sp³-hybridized carbons (Fsp3) is 0.500. The van der Waals surface area contributed by atoms with Gasteiger partial charge in [-0.15, -0.1) is 0 Å². The Bertz CT molecular complexity index is 512.